The van der Waals surface area contributed by atoms with E-state index >= 15 is 0 Å². The minimum Gasteiger partial charge on any atom is -0.461 e. The monoisotopic (exact) mass is 304 g/mol. The fourth-order valence-corrected chi connectivity index (χ4v) is 2.99. The van der Waals surface area contributed by atoms with Gasteiger partial charge in [0.25, 0.3) is 0 Å². The van der Waals surface area contributed by atoms with E-state index in [0.29, 0.717) is 24.0 Å². The number of nitrogens with two attached hydrogens (primary N) is 1. The topological polar surface area (TPSA) is 86.2 Å². The van der Waals surface area contributed by atoms with Crippen LogP contribution in [0.1, 0.15) is 4.88 Å². The number of hydrogen-bond donors (Lipinski definition) is 2. The quantitative estimate of drug-likeness (QED) is 0.679. The molecule has 0 saturated heterocycles. The lowest BCUT2D eigenvalue weighted by Crippen LogP contribution is -2.17. The molecule has 0 aromatic carbocycles. The van der Waals surface area contributed by atoms with Crippen LogP contribution >= 0.6 is 11.3 Å². The van der Waals surface area contributed by atoms with Crippen molar-refractivity contribution in [2.45, 2.75) is 6.54 Å². The summed E-state index contributed by atoms with van der Waals surface area (Å²) in [6, 6.07) is 5.65. The fourth-order valence-electron chi connectivity index (χ4n) is 1.98. The van der Waals surface area contributed by atoms with Crippen molar-refractivity contribution in [2.75, 3.05) is 26.0 Å². The van der Waals surface area contributed by atoms with Crippen molar-refractivity contribution in [1.29, 1.82) is 0 Å². The molecule has 3 N–H and O–H groups in total. The van der Waals surface area contributed by atoms with E-state index in [1.807, 2.05) is 12.1 Å². The molecule has 0 bridgehead atoms. The molecular formula is C14H16N4O2S. The van der Waals surface area contributed by atoms with Gasteiger partial charge in [0.1, 0.15) is 10.6 Å². The Kier molecular flexibility index (Phi) is 4.14. The molecule has 0 atom stereocenters. The van der Waals surface area contributed by atoms with Crippen molar-refractivity contribution in [2.24, 2.45) is 0 Å². The third-order valence-corrected chi connectivity index (χ3v) is 4.03. The van der Waals surface area contributed by atoms with Crippen LogP contribution in [0.5, 0.6) is 0 Å². The van der Waals surface area contributed by atoms with Gasteiger partial charge in [0.2, 0.25) is 0 Å². The molecule has 0 aliphatic heterocycles. The van der Waals surface area contributed by atoms with Crippen LogP contribution in [0.15, 0.2) is 28.9 Å². The zero-order chi connectivity index (χ0) is 14.7. The van der Waals surface area contributed by atoms with Crippen LogP contribution in [0.25, 0.3) is 21.8 Å². The second-order valence-corrected chi connectivity index (χ2v) is 5.63. The molecule has 110 valence electrons. The Hall–Kier alpha value is -1.96. The molecule has 7 heteroatoms. The smallest absolute Gasteiger partial charge is 0.199 e. The Balaban J connectivity index is 1.85. The first-order valence-electron chi connectivity index (χ1n) is 6.57. The van der Waals surface area contributed by atoms with E-state index < -0.39 is 0 Å². The SMILES string of the molecule is COCCNCc1cc2c(N)nc(-c3ccco3)nc2s1. The van der Waals surface area contributed by atoms with Crippen molar-refractivity contribution in [1.82, 2.24) is 15.3 Å². The van der Waals surface area contributed by atoms with Gasteiger partial charge < -0.3 is 20.2 Å². The van der Waals surface area contributed by atoms with Gasteiger partial charge >= 0.3 is 0 Å². The van der Waals surface area contributed by atoms with Crippen LogP contribution in [0.3, 0.4) is 0 Å². The molecule has 0 fully saturated rings. The average Bonchev–Trinajstić information content (AvgIpc) is 3.12. The number of nitrogens with zero attached hydrogens (tertiary/aromatic N) is 2. The third-order valence-electron chi connectivity index (χ3n) is 3.00. The Labute approximate surface area is 126 Å². The normalized spacial score (nSPS) is 11.3. The van der Waals surface area contributed by atoms with E-state index in [1.54, 1.807) is 30.8 Å². The summed E-state index contributed by atoms with van der Waals surface area (Å²) >= 11 is 1.60. The van der Waals surface area contributed by atoms with E-state index in [2.05, 4.69) is 15.3 Å². The number of anilines is 1. The van der Waals surface area contributed by atoms with Gasteiger partial charge in [-0.25, -0.2) is 9.97 Å². The molecule has 0 radical (unpaired) electrons. The van der Waals surface area contributed by atoms with Gasteiger partial charge in [0, 0.05) is 25.1 Å². The van der Waals surface area contributed by atoms with Crippen molar-refractivity contribution in [3.8, 4) is 11.6 Å². The Morgan fingerprint density at radius 2 is 2.33 bits per heavy atom. The first kappa shape index (κ1) is 14.0. The highest BCUT2D eigenvalue weighted by Gasteiger charge is 2.12. The molecule has 0 amide bonds. The number of nitrogen functional groups attached to an aromatic ring is 1. The molecule has 3 aromatic heterocycles. The van der Waals surface area contributed by atoms with E-state index in [9.17, 15) is 0 Å². The summed E-state index contributed by atoms with van der Waals surface area (Å²) in [7, 11) is 1.69. The molecule has 0 spiro atoms. The van der Waals surface area contributed by atoms with Crippen LogP contribution in [0.2, 0.25) is 0 Å². The Morgan fingerprint density at radius 3 is 3.10 bits per heavy atom. The molecule has 6 nitrogen and oxygen atoms in total. The molecule has 3 rings (SSSR count). The molecule has 0 unspecified atom stereocenters. The minimum atomic E-state index is 0.478. The van der Waals surface area contributed by atoms with Crippen LogP contribution in [-0.4, -0.2) is 30.2 Å². The van der Waals surface area contributed by atoms with Gasteiger partial charge in [0.05, 0.1) is 18.3 Å². The van der Waals surface area contributed by atoms with Gasteiger partial charge in [-0.3, -0.25) is 0 Å². The van der Waals surface area contributed by atoms with Crippen LogP contribution in [-0.2, 0) is 11.3 Å². The highest BCUT2D eigenvalue weighted by molar-refractivity contribution is 7.18. The van der Waals surface area contributed by atoms with Crippen LogP contribution in [0.4, 0.5) is 5.82 Å². The number of nitrogens with one attached hydrogen (secondary N) is 1. The predicted octanol–water partition coefficient (Wildman–Crippen LogP) is 2.27. The lowest BCUT2D eigenvalue weighted by Gasteiger charge is -2.00. The van der Waals surface area contributed by atoms with Gasteiger partial charge in [-0.1, -0.05) is 0 Å². The van der Waals surface area contributed by atoms with Crippen molar-refractivity contribution in [3.05, 3.63) is 29.3 Å². The second-order valence-electron chi connectivity index (χ2n) is 4.51. The number of aromatic nitrogens is 2. The third kappa shape index (κ3) is 3.05. The summed E-state index contributed by atoms with van der Waals surface area (Å²) in [5, 5.41) is 4.19. The highest BCUT2D eigenvalue weighted by atomic mass is 32.1. The maximum absolute atomic E-state index is 6.03. The number of ether oxygens (including phenoxy) is 1. The molecular weight excluding hydrogens is 288 g/mol. The maximum atomic E-state index is 6.03. The average molecular weight is 304 g/mol. The number of thiophene rings is 1. The van der Waals surface area contributed by atoms with Crippen molar-refractivity contribution < 1.29 is 9.15 Å². The zero-order valence-electron chi connectivity index (χ0n) is 11.6. The standard InChI is InChI=1S/C14H16N4O2S/c1-19-6-4-16-8-9-7-10-12(15)17-13(18-14(10)21-9)11-3-2-5-20-11/h2-3,5,7,16H,4,6,8H2,1H3,(H2,15,17,18). The second kappa shape index (κ2) is 6.21. The molecule has 3 aromatic rings. The Bertz CT molecular complexity index is 724. The zero-order valence-corrected chi connectivity index (χ0v) is 12.4. The number of furan rings is 1. The fraction of sp³-hybridized carbons (Fsp3) is 0.286. The van der Waals surface area contributed by atoms with E-state index in [-0.39, 0.29) is 0 Å². The molecule has 3 heterocycles. The molecule has 0 saturated carbocycles. The molecule has 0 aliphatic carbocycles. The number of methoxy groups -OCH3 is 1. The highest BCUT2D eigenvalue weighted by Crippen LogP contribution is 2.30. The van der Waals surface area contributed by atoms with Crippen molar-refractivity contribution in [3.63, 3.8) is 0 Å². The van der Waals surface area contributed by atoms with Crippen molar-refractivity contribution >= 4 is 27.4 Å². The number of hydrogen-bond acceptors (Lipinski definition) is 7. The summed E-state index contributed by atoms with van der Waals surface area (Å²) in [6.07, 6.45) is 1.60. The first-order chi connectivity index (χ1) is 10.3. The van der Waals surface area contributed by atoms with Gasteiger partial charge in [0.15, 0.2) is 11.6 Å². The van der Waals surface area contributed by atoms with Crippen LogP contribution in [0, 0.1) is 0 Å². The minimum absolute atomic E-state index is 0.478. The first-order valence-corrected chi connectivity index (χ1v) is 7.39. The molecule has 0 aliphatic rings. The summed E-state index contributed by atoms with van der Waals surface area (Å²) in [5.74, 6) is 1.62. The lowest BCUT2D eigenvalue weighted by atomic mass is 10.3. The maximum Gasteiger partial charge on any atom is 0.199 e. The van der Waals surface area contributed by atoms with Crippen LogP contribution < -0.4 is 11.1 Å². The van der Waals surface area contributed by atoms with Gasteiger partial charge in [-0.2, -0.15) is 0 Å². The van der Waals surface area contributed by atoms with E-state index in [1.165, 1.54) is 4.88 Å². The predicted molar refractivity (Wildman–Crippen MR) is 83.1 cm³/mol. The summed E-state index contributed by atoms with van der Waals surface area (Å²) in [4.78, 5) is 10.9. The lowest BCUT2D eigenvalue weighted by molar-refractivity contribution is 0.199. The largest absolute Gasteiger partial charge is 0.461 e. The summed E-state index contributed by atoms with van der Waals surface area (Å²) in [6.45, 7) is 2.26. The summed E-state index contributed by atoms with van der Waals surface area (Å²) < 4.78 is 10.3. The van der Waals surface area contributed by atoms with Gasteiger partial charge in [-0.15, -0.1) is 11.3 Å². The van der Waals surface area contributed by atoms with E-state index in [0.717, 1.165) is 23.3 Å². The molecule has 21 heavy (non-hydrogen) atoms. The van der Waals surface area contributed by atoms with E-state index in [4.69, 9.17) is 14.9 Å². The van der Waals surface area contributed by atoms with Gasteiger partial charge in [-0.05, 0) is 18.2 Å². The number of rotatable bonds is 6. The number of fused-ring (bicyclic) bond motifs is 1. The Morgan fingerprint density at radius 1 is 1.43 bits per heavy atom. The summed E-state index contributed by atoms with van der Waals surface area (Å²) in [5.41, 5.74) is 6.03.